The Bertz CT molecular complexity index is 280. The maximum absolute atomic E-state index is 2.34. The van der Waals surface area contributed by atoms with E-state index in [2.05, 4.69) is 71.8 Å². The van der Waals surface area contributed by atoms with Crippen molar-refractivity contribution in [1.82, 2.24) is 0 Å². The van der Waals surface area contributed by atoms with Crippen LogP contribution in [0, 0.1) is 10.8 Å². The highest BCUT2D eigenvalue weighted by atomic mass is 32.2. The van der Waals surface area contributed by atoms with Gasteiger partial charge in [0.05, 0.1) is 4.91 Å². The zero-order valence-corrected chi connectivity index (χ0v) is 13.0. The summed E-state index contributed by atoms with van der Waals surface area (Å²) in [6, 6.07) is 0. The molecule has 0 amide bonds. The van der Waals surface area contributed by atoms with E-state index < -0.39 is 0 Å². The molecule has 2 heteroatoms. The van der Waals surface area contributed by atoms with Crippen LogP contribution < -0.4 is 0 Å². The molecule has 0 aromatic rings. The van der Waals surface area contributed by atoms with E-state index in [-0.39, 0.29) is 5.41 Å². The molecular formula is C14H28NS+. The van der Waals surface area contributed by atoms with Crippen molar-refractivity contribution in [2.75, 3.05) is 13.3 Å². The summed E-state index contributed by atoms with van der Waals surface area (Å²) >= 11 is 1.86. The first kappa shape index (κ1) is 15.8. The second-order valence-electron chi connectivity index (χ2n) is 6.24. The van der Waals surface area contributed by atoms with Crippen molar-refractivity contribution in [3.05, 3.63) is 11.1 Å². The van der Waals surface area contributed by atoms with Crippen LogP contribution in [-0.2, 0) is 0 Å². The van der Waals surface area contributed by atoms with Crippen LogP contribution in [0.1, 0.15) is 48.0 Å². The maximum atomic E-state index is 2.34. The van der Waals surface area contributed by atoms with Gasteiger partial charge in [-0.2, -0.15) is 0 Å². The predicted octanol–water partition coefficient (Wildman–Crippen LogP) is 4.39. The molecule has 0 heterocycles. The highest BCUT2D eigenvalue weighted by Gasteiger charge is 2.30. The molecule has 0 unspecified atom stereocenters. The number of allylic oxidation sites excluding steroid dienone is 1. The van der Waals surface area contributed by atoms with E-state index in [1.807, 2.05) is 11.8 Å². The average molecular weight is 242 g/mol. The minimum absolute atomic E-state index is 0.245. The first-order valence-corrected chi connectivity index (χ1v) is 7.12. The molecule has 1 nitrogen and oxygen atoms in total. The summed E-state index contributed by atoms with van der Waals surface area (Å²) in [5, 5.41) is 0. The van der Waals surface area contributed by atoms with E-state index in [1.165, 1.54) is 11.3 Å². The lowest BCUT2D eigenvalue weighted by molar-refractivity contribution is -0.418. The van der Waals surface area contributed by atoms with Gasteiger partial charge in [-0.1, -0.05) is 34.6 Å². The first-order chi connectivity index (χ1) is 7.12. The molecule has 0 aliphatic heterocycles. The van der Waals surface area contributed by atoms with Gasteiger partial charge < -0.3 is 0 Å². The molecule has 0 aromatic heterocycles. The van der Waals surface area contributed by atoms with Gasteiger partial charge in [-0.05, 0) is 18.1 Å². The van der Waals surface area contributed by atoms with Gasteiger partial charge in [0, 0.05) is 12.3 Å². The highest BCUT2D eigenvalue weighted by molar-refractivity contribution is 8.02. The van der Waals surface area contributed by atoms with Gasteiger partial charge in [0.1, 0.15) is 13.3 Å². The molecule has 0 rings (SSSR count). The Morgan fingerprint density at radius 2 is 1.69 bits per heavy atom. The lowest BCUT2D eigenvalue weighted by Gasteiger charge is -2.32. The van der Waals surface area contributed by atoms with Crippen LogP contribution in [0.3, 0.4) is 0 Å². The molecule has 0 saturated heterocycles. The molecule has 0 fully saturated rings. The molecule has 0 atom stereocenters. The van der Waals surface area contributed by atoms with Crippen molar-refractivity contribution in [3.63, 3.8) is 0 Å². The van der Waals surface area contributed by atoms with Crippen LogP contribution in [0.5, 0.6) is 0 Å². The Morgan fingerprint density at radius 3 is 2.00 bits per heavy atom. The predicted molar refractivity (Wildman–Crippen MR) is 77.4 cm³/mol. The molecule has 0 bridgehead atoms. The lowest BCUT2D eigenvalue weighted by atomic mass is 9.76. The van der Waals surface area contributed by atoms with Gasteiger partial charge in [0.25, 0.3) is 0 Å². The molecule has 16 heavy (non-hydrogen) atoms. The maximum Gasteiger partial charge on any atom is 0.178 e. The average Bonchev–Trinajstić information content (AvgIpc) is 2.09. The number of thioether (sulfide) groups is 1. The minimum Gasteiger partial charge on any atom is -0.211 e. The van der Waals surface area contributed by atoms with Gasteiger partial charge in [-0.25, -0.2) is 4.58 Å². The second kappa shape index (κ2) is 5.90. The fourth-order valence-corrected chi connectivity index (χ4v) is 3.07. The minimum atomic E-state index is 0.245. The number of hydrogen-bond acceptors (Lipinski definition) is 1. The first-order valence-electron chi connectivity index (χ1n) is 5.90. The van der Waals surface area contributed by atoms with E-state index in [0.29, 0.717) is 5.41 Å². The zero-order valence-electron chi connectivity index (χ0n) is 12.2. The second-order valence-corrected chi connectivity index (χ2v) is 7.09. The topological polar surface area (TPSA) is 3.01 Å². The summed E-state index contributed by atoms with van der Waals surface area (Å²) < 4.78 is 2.14. The summed E-state index contributed by atoms with van der Waals surface area (Å²) in [6.45, 7) is 13.7. The van der Waals surface area contributed by atoms with Gasteiger partial charge in [0.15, 0.2) is 6.20 Å². The van der Waals surface area contributed by atoms with Crippen LogP contribution in [-0.4, -0.2) is 24.1 Å². The molecule has 0 aliphatic rings. The molecule has 0 aromatic carbocycles. The molecule has 0 spiro atoms. The van der Waals surface area contributed by atoms with Crippen LogP contribution in [0.15, 0.2) is 11.1 Å². The quantitative estimate of drug-likeness (QED) is 0.522. The third-order valence-electron chi connectivity index (χ3n) is 2.59. The van der Waals surface area contributed by atoms with Gasteiger partial charge in [0.2, 0.25) is 0 Å². The van der Waals surface area contributed by atoms with Crippen molar-refractivity contribution in [1.29, 1.82) is 0 Å². The van der Waals surface area contributed by atoms with E-state index in [1.54, 1.807) is 0 Å². The molecule has 94 valence electrons. The Balaban J connectivity index is 5.02. The third kappa shape index (κ3) is 5.74. The Morgan fingerprint density at radius 1 is 1.19 bits per heavy atom. The molecular weight excluding hydrogens is 214 g/mol. The fraction of sp³-hybridized carbons (Fsp3) is 0.786. The smallest absolute Gasteiger partial charge is 0.178 e. The number of hydrogen-bond donors (Lipinski definition) is 0. The molecule has 0 aliphatic carbocycles. The molecule has 0 radical (unpaired) electrons. The van der Waals surface area contributed by atoms with Crippen molar-refractivity contribution in [2.24, 2.45) is 10.8 Å². The van der Waals surface area contributed by atoms with E-state index in [0.717, 1.165) is 0 Å². The fourth-order valence-electron chi connectivity index (χ4n) is 2.18. The Labute approximate surface area is 106 Å². The summed E-state index contributed by atoms with van der Waals surface area (Å²) in [7, 11) is 2.09. The van der Waals surface area contributed by atoms with E-state index in [4.69, 9.17) is 0 Å². The van der Waals surface area contributed by atoms with Crippen LogP contribution in [0.2, 0.25) is 0 Å². The van der Waals surface area contributed by atoms with Crippen LogP contribution >= 0.6 is 11.8 Å². The highest BCUT2D eigenvalue weighted by Crippen LogP contribution is 2.42. The monoisotopic (exact) mass is 242 g/mol. The van der Waals surface area contributed by atoms with Crippen molar-refractivity contribution in [2.45, 2.75) is 48.0 Å². The standard InChI is InChI=1S/C14H28NS/c1-9-15(7)10-12(16-8)14(5,6)11-13(2,3)4/h9-10H,11H2,1-8H3/q+1. The molecule has 0 N–H and O–H groups in total. The summed E-state index contributed by atoms with van der Waals surface area (Å²) in [4.78, 5) is 1.45. The summed E-state index contributed by atoms with van der Waals surface area (Å²) in [5.74, 6) is 0. The SMILES string of the molecule is CC=[N+](C)C=C(SC)C(C)(C)CC(C)(C)C. The lowest BCUT2D eigenvalue weighted by Crippen LogP contribution is -2.22. The third-order valence-corrected chi connectivity index (χ3v) is 3.69. The summed E-state index contributed by atoms with van der Waals surface area (Å²) in [5.41, 5.74) is 0.613. The Kier molecular flexibility index (Phi) is 5.81. The van der Waals surface area contributed by atoms with Gasteiger partial charge >= 0.3 is 0 Å². The normalized spacial score (nSPS) is 15.5. The molecule has 0 saturated carbocycles. The number of rotatable bonds is 4. The van der Waals surface area contributed by atoms with Gasteiger partial charge in [-0.3, -0.25) is 0 Å². The van der Waals surface area contributed by atoms with E-state index in [9.17, 15) is 0 Å². The van der Waals surface area contributed by atoms with Gasteiger partial charge in [-0.15, -0.1) is 11.8 Å². The number of nitrogens with zero attached hydrogens (tertiary/aromatic N) is 1. The zero-order chi connectivity index (χ0) is 13.0. The van der Waals surface area contributed by atoms with Crippen LogP contribution in [0.25, 0.3) is 0 Å². The largest absolute Gasteiger partial charge is 0.211 e. The van der Waals surface area contributed by atoms with Crippen LogP contribution in [0.4, 0.5) is 0 Å². The van der Waals surface area contributed by atoms with E-state index >= 15 is 0 Å². The van der Waals surface area contributed by atoms with Crippen molar-refractivity contribution >= 4 is 18.0 Å². The van der Waals surface area contributed by atoms with Crippen molar-refractivity contribution in [3.8, 4) is 0 Å². The Hall–Kier alpha value is -0.240. The summed E-state index contributed by atoms with van der Waals surface area (Å²) in [6.07, 6.45) is 7.70. The van der Waals surface area contributed by atoms with Crippen molar-refractivity contribution < 1.29 is 4.58 Å².